The Bertz CT molecular complexity index is 717. The molecule has 0 spiro atoms. The Morgan fingerprint density at radius 1 is 1.11 bits per heavy atom. The van der Waals surface area contributed by atoms with Gasteiger partial charge in [0, 0.05) is 41.4 Å². The van der Waals surface area contributed by atoms with Crippen molar-refractivity contribution in [3.8, 4) is 0 Å². The highest BCUT2D eigenvalue weighted by molar-refractivity contribution is 6.30. The van der Waals surface area contributed by atoms with Crippen LogP contribution in [-0.2, 0) is 9.59 Å². The first kappa shape index (κ1) is 20.0. The van der Waals surface area contributed by atoms with Crippen molar-refractivity contribution in [2.75, 3.05) is 31.5 Å². The van der Waals surface area contributed by atoms with Crippen LogP contribution >= 0.6 is 11.6 Å². The second-order valence-electron chi connectivity index (χ2n) is 8.41. The third-order valence-corrected chi connectivity index (χ3v) is 5.04. The Morgan fingerprint density at radius 2 is 1.70 bits per heavy atom. The van der Waals surface area contributed by atoms with E-state index in [-0.39, 0.29) is 41.0 Å². The van der Waals surface area contributed by atoms with Crippen molar-refractivity contribution in [3.63, 3.8) is 0 Å². The Morgan fingerprint density at radius 3 is 2.22 bits per heavy atom. The number of nitrogens with zero attached hydrogens (tertiary/aromatic N) is 2. The lowest BCUT2D eigenvalue weighted by atomic mass is 10.1. The first-order valence-corrected chi connectivity index (χ1v) is 9.52. The highest BCUT2D eigenvalue weighted by Gasteiger charge is 2.44. The lowest BCUT2D eigenvalue weighted by Gasteiger charge is -2.34. The highest BCUT2D eigenvalue weighted by Crippen LogP contribution is 2.30. The molecule has 2 heterocycles. The van der Waals surface area contributed by atoms with Gasteiger partial charge in [-0.15, -0.1) is 0 Å². The van der Waals surface area contributed by atoms with Crippen molar-refractivity contribution in [2.45, 2.75) is 44.8 Å². The summed E-state index contributed by atoms with van der Waals surface area (Å²) in [5.74, 6) is -0.647. The summed E-state index contributed by atoms with van der Waals surface area (Å²) in [5, 5.41) is 5.93. The summed E-state index contributed by atoms with van der Waals surface area (Å²) < 4.78 is 13.4. The van der Waals surface area contributed by atoms with Gasteiger partial charge in [-0.25, -0.2) is 4.39 Å². The Balaban J connectivity index is 1.48. The Kier molecular flexibility index (Phi) is 5.74. The van der Waals surface area contributed by atoms with Crippen LogP contribution in [0.3, 0.4) is 0 Å². The van der Waals surface area contributed by atoms with Crippen molar-refractivity contribution >= 4 is 29.1 Å². The second-order valence-corrected chi connectivity index (χ2v) is 8.84. The van der Waals surface area contributed by atoms with Crippen LogP contribution in [0.1, 0.15) is 27.2 Å². The van der Waals surface area contributed by atoms with Gasteiger partial charge in [0.15, 0.2) is 0 Å². The third kappa shape index (κ3) is 5.40. The number of halogens is 2. The fraction of sp³-hybridized carbons (Fsp3) is 0.579. The Labute approximate surface area is 164 Å². The standard InChI is InChI=1S/C19H26ClFN4O2/c1-19(2,3)23-18(27)11-25-9-15-7-16(25)8-24(15)10-17(26)22-14-5-12(20)4-13(21)6-14/h4-6,15-16H,7-11H2,1-3H3,(H,22,26)(H,23,27)/t15-,16-/m1/s1. The zero-order chi connectivity index (χ0) is 19.8. The van der Waals surface area contributed by atoms with E-state index in [9.17, 15) is 14.0 Å². The molecule has 148 valence electrons. The van der Waals surface area contributed by atoms with E-state index in [0.29, 0.717) is 12.2 Å². The monoisotopic (exact) mass is 396 g/mol. The number of carbonyl (C=O) groups is 2. The predicted molar refractivity (Wildman–Crippen MR) is 103 cm³/mol. The summed E-state index contributed by atoms with van der Waals surface area (Å²) in [7, 11) is 0. The normalized spacial score (nSPS) is 22.9. The van der Waals surface area contributed by atoms with Crippen LogP contribution in [-0.4, -0.2) is 65.4 Å². The van der Waals surface area contributed by atoms with Gasteiger partial charge >= 0.3 is 0 Å². The number of hydrogen-bond acceptors (Lipinski definition) is 4. The number of piperazine rings is 1. The number of anilines is 1. The van der Waals surface area contributed by atoms with Gasteiger partial charge in [0.1, 0.15) is 5.82 Å². The number of hydrogen-bond donors (Lipinski definition) is 2. The molecule has 2 aliphatic heterocycles. The number of benzene rings is 1. The maximum absolute atomic E-state index is 13.4. The molecule has 8 heteroatoms. The smallest absolute Gasteiger partial charge is 0.238 e. The molecule has 0 unspecified atom stereocenters. The van der Waals surface area contributed by atoms with Gasteiger partial charge in [0.05, 0.1) is 13.1 Å². The lowest BCUT2D eigenvalue weighted by molar-refractivity contribution is -0.124. The first-order valence-electron chi connectivity index (χ1n) is 9.14. The summed E-state index contributed by atoms with van der Waals surface area (Å²) >= 11 is 5.81. The number of nitrogens with one attached hydrogen (secondary N) is 2. The molecule has 2 fully saturated rings. The molecule has 0 aliphatic carbocycles. The van der Waals surface area contributed by atoms with Crippen LogP contribution in [0.4, 0.5) is 10.1 Å². The van der Waals surface area contributed by atoms with Crippen LogP contribution in [0.15, 0.2) is 18.2 Å². The quantitative estimate of drug-likeness (QED) is 0.800. The topological polar surface area (TPSA) is 64.7 Å². The number of likely N-dealkylation sites (tertiary alicyclic amines) is 2. The van der Waals surface area contributed by atoms with Crippen molar-refractivity contribution in [1.29, 1.82) is 0 Å². The summed E-state index contributed by atoms with van der Waals surface area (Å²) in [6.45, 7) is 8.07. The van der Waals surface area contributed by atoms with Gasteiger partial charge in [-0.05, 0) is 45.4 Å². The molecule has 2 atom stereocenters. The first-order chi connectivity index (χ1) is 12.6. The summed E-state index contributed by atoms with van der Waals surface area (Å²) in [6, 6.07) is 4.52. The van der Waals surface area contributed by atoms with E-state index in [4.69, 9.17) is 11.6 Å². The van der Waals surface area contributed by atoms with E-state index in [0.717, 1.165) is 19.5 Å². The molecule has 0 radical (unpaired) electrons. The minimum atomic E-state index is -0.484. The van der Waals surface area contributed by atoms with E-state index >= 15 is 0 Å². The van der Waals surface area contributed by atoms with Crippen LogP contribution in [0.5, 0.6) is 0 Å². The molecule has 2 bridgehead atoms. The second kappa shape index (κ2) is 7.73. The molecule has 3 rings (SSSR count). The zero-order valence-corrected chi connectivity index (χ0v) is 16.6. The SMILES string of the molecule is CC(C)(C)NC(=O)CN1C[C@H]2C[C@@H]1CN2CC(=O)Nc1cc(F)cc(Cl)c1. The number of carbonyl (C=O) groups excluding carboxylic acids is 2. The zero-order valence-electron chi connectivity index (χ0n) is 15.9. The summed E-state index contributed by atoms with van der Waals surface area (Å²) in [5.41, 5.74) is 0.120. The van der Waals surface area contributed by atoms with Crippen molar-refractivity contribution in [2.24, 2.45) is 0 Å². The molecule has 2 N–H and O–H groups in total. The molecule has 0 saturated carbocycles. The van der Waals surface area contributed by atoms with Gasteiger partial charge in [-0.1, -0.05) is 11.6 Å². The van der Waals surface area contributed by atoms with E-state index < -0.39 is 5.82 Å². The average molecular weight is 397 g/mol. The fourth-order valence-corrected chi connectivity index (χ4v) is 4.09. The van der Waals surface area contributed by atoms with Crippen LogP contribution in [0, 0.1) is 5.82 Å². The molecule has 27 heavy (non-hydrogen) atoms. The molecule has 2 aliphatic rings. The van der Waals surface area contributed by atoms with E-state index in [1.54, 1.807) is 0 Å². The van der Waals surface area contributed by atoms with Crippen LogP contribution in [0.25, 0.3) is 0 Å². The number of rotatable bonds is 5. The van der Waals surface area contributed by atoms with Crippen molar-refractivity contribution in [1.82, 2.24) is 15.1 Å². The maximum Gasteiger partial charge on any atom is 0.238 e. The predicted octanol–water partition coefficient (Wildman–Crippen LogP) is 2.09. The van der Waals surface area contributed by atoms with E-state index in [1.165, 1.54) is 18.2 Å². The third-order valence-electron chi connectivity index (χ3n) is 4.82. The molecule has 6 nitrogen and oxygen atoms in total. The number of amides is 2. The summed E-state index contributed by atoms with van der Waals surface area (Å²) in [6.07, 6.45) is 0.960. The van der Waals surface area contributed by atoms with E-state index in [2.05, 4.69) is 20.4 Å². The average Bonchev–Trinajstić information content (AvgIpc) is 3.03. The largest absolute Gasteiger partial charge is 0.350 e. The number of fused-ring (bicyclic) bond motifs is 2. The lowest BCUT2D eigenvalue weighted by Crippen LogP contribution is -2.52. The van der Waals surface area contributed by atoms with Gasteiger partial charge in [0.2, 0.25) is 11.8 Å². The van der Waals surface area contributed by atoms with Crippen LogP contribution < -0.4 is 10.6 Å². The van der Waals surface area contributed by atoms with Gasteiger partial charge in [-0.3, -0.25) is 19.4 Å². The Hall–Kier alpha value is -1.70. The van der Waals surface area contributed by atoms with Gasteiger partial charge in [0.25, 0.3) is 0 Å². The van der Waals surface area contributed by atoms with Crippen LogP contribution in [0.2, 0.25) is 5.02 Å². The van der Waals surface area contributed by atoms with Gasteiger partial charge < -0.3 is 10.6 Å². The highest BCUT2D eigenvalue weighted by atomic mass is 35.5. The molecule has 1 aromatic carbocycles. The van der Waals surface area contributed by atoms with Crippen molar-refractivity contribution < 1.29 is 14.0 Å². The molecular weight excluding hydrogens is 371 g/mol. The van der Waals surface area contributed by atoms with Gasteiger partial charge in [-0.2, -0.15) is 0 Å². The molecule has 0 aromatic heterocycles. The summed E-state index contributed by atoms with van der Waals surface area (Å²) in [4.78, 5) is 28.7. The maximum atomic E-state index is 13.4. The van der Waals surface area contributed by atoms with E-state index in [1.807, 2.05) is 20.8 Å². The minimum Gasteiger partial charge on any atom is -0.350 e. The molecule has 2 amide bonds. The molecular formula is C19H26ClFN4O2. The molecule has 2 saturated heterocycles. The fourth-order valence-electron chi connectivity index (χ4n) is 3.87. The molecule has 1 aromatic rings. The minimum absolute atomic E-state index is 0.0299. The van der Waals surface area contributed by atoms with Crippen molar-refractivity contribution in [3.05, 3.63) is 29.0 Å².